The fraction of sp³-hybridized carbons (Fsp3) is 0.316. The summed E-state index contributed by atoms with van der Waals surface area (Å²) in [6.07, 6.45) is -0.289. The van der Waals surface area contributed by atoms with Crippen molar-refractivity contribution in [2.45, 2.75) is 19.3 Å². The van der Waals surface area contributed by atoms with Gasteiger partial charge in [-0.05, 0) is 37.3 Å². The Hall–Kier alpha value is -2.61. The molecule has 0 aromatic heterocycles. The van der Waals surface area contributed by atoms with Gasteiger partial charge in [-0.1, -0.05) is 11.6 Å². The molecule has 0 bridgehead atoms. The number of nitrogens with one attached hydrogen (secondary N) is 2. The van der Waals surface area contributed by atoms with Gasteiger partial charge < -0.3 is 21.3 Å². The molecular formula is C19H20ClF3N4O. The molecule has 0 saturated carbocycles. The molecule has 1 fully saturated rings. The highest BCUT2D eigenvalue weighted by atomic mass is 35.5. The SMILES string of the molecule is CCNc1cc(N2CCC(F)(F)C2)c(C(=O)Nc2ccc(F)c(Cl)c2)cc1N. The molecule has 0 aliphatic carbocycles. The third kappa shape index (κ3) is 4.27. The lowest BCUT2D eigenvalue weighted by Crippen LogP contribution is -2.27. The van der Waals surface area contributed by atoms with Crippen LogP contribution in [0.1, 0.15) is 23.7 Å². The van der Waals surface area contributed by atoms with E-state index in [-0.39, 0.29) is 29.2 Å². The first-order valence-electron chi connectivity index (χ1n) is 8.77. The van der Waals surface area contributed by atoms with Crippen molar-refractivity contribution in [1.29, 1.82) is 0 Å². The van der Waals surface area contributed by atoms with Crippen LogP contribution < -0.4 is 21.3 Å². The zero-order valence-electron chi connectivity index (χ0n) is 15.2. The van der Waals surface area contributed by atoms with E-state index in [0.29, 0.717) is 23.6 Å². The molecule has 0 spiro atoms. The highest BCUT2D eigenvalue weighted by molar-refractivity contribution is 6.31. The first-order chi connectivity index (χ1) is 13.2. The van der Waals surface area contributed by atoms with E-state index in [1.165, 1.54) is 23.1 Å². The largest absolute Gasteiger partial charge is 0.397 e. The van der Waals surface area contributed by atoms with Gasteiger partial charge in [-0.3, -0.25) is 4.79 Å². The third-order valence-electron chi connectivity index (χ3n) is 4.47. The summed E-state index contributed by atoms with van der Waals surface area (Å²) >= 11 is 5.74. The van der Waals surface area contributed by atoms with Crippen LogP contribution in [0.4, 0.5) is 35.9 Å². The van der Waals surface area contributed by atoms with Crippen molar-refractivity contribution in [2.75, 3.05) is 40.9 Å². The van der Waals surface area contributed by atoms with E-state index in [1.807, 2.05) is 6.92 Å². The van der Waals surface area contributed by atoms with E-state index in [0.717, 1.165) is 6.07 Å². The Balaban J connectivity index is 1.96. The summed E-state index contributed by atoms with van der Waals surface area (Å²) in [6, 6.07) is 6.81. The van der Waals surface area contributed by atoms with Crippen LogP contribution in [0.3, 0.4) is 0 Å². The predicted octanol–water partition coefficient (Wildman–Crippen LogP) is 4.59. The number of halogens is 4. The van der Waals surface area contributed by atoms with Crippen molar-refractivity contribution in [3.8, 4) is 0 Å². The lowest BCUT2D eigenvalue weighted by Gasteiger charge is -2.23. The van der Waals surface area contributed by atoms with Gasteiger partial charge in [0.15, 0.2) is 0 Å². The topological polar surface area (TPSA) is 70.4 Å². The monoisotopic (exact) mass is 412 g/mol. The first-order valence-corrected chi connectivity index (χ1v) is 9.14. The molecule has 2 aromatic carbocycles. The van der Waals surface area contributed by atoms with Crippen molar-refractivity contribution in [3.63, 3.8) is 0 Å². The van der Waals surface area contributed by atoms with Gasteiger partial charge >= 0.3 is 0 Å². The van der Waals surface area contributed by atoms with E-state index >= 15 is 0 Å². The number of nitrogen functional groups attached to an aromatic ring is 1. The fourth-order valence-corrected chi connectivity index (χ4v) is 3.29. The summed E-state index contributed by atoms with van der Waals surface area (Å²) in [5, 5.41) is 5.53. The molecule has 2 aromatic rings. The number of benzene rings is 2. The van der Waals surface area contributed by atoms with E-state index in [4.69, 9.17) is 17.3 Å². The van der Waals surface area contributed by atoms with Crippen molar-refractivity contribution in [3.05, 3.63) is 46.7 Å². The molecule has 1 aliphatic heterocycles. The Morgan fingerprint density at radius 3 is 2.68 bits per heavy atom. The zero-order chi connectivity index (χ0) is 20.5. The van der Waals surface area contributed by atoms with E-state index in [1.54, 1.807) is 6.07 Å². The number of amides is 1. The van der Waals surface area contributed by atoms with Gasteiger partial charge in [0.05, 0.1) is 34.2 Å². The summed E-state index contributed by atoms with van der Waals surface area (Å²) in [5.41, 5.74) is 7.69. The molecule has 1 heterocycles. The van der Waals surface area contributed by atoms with Gasteiger partial charge in [0.25, 0.3) is 11.8 Å². The van der Waals surface area contributed by atoms with Gasteiger partial charge in [-0.25, -0.2) is 13.2 Å². The quantitative estimate of drug-likeness (QED) is 0.628. The van der Waals surface area contributed by atoms with Crippen molar-refractivity contribution >= 4 is 40.3 Å². The van der Waals surface area contributed by atoms with Gasteiger partial charge in [0, 0.05) is 25.2 Å². The minimum atomic E-state index is -2.82. The molecule has 0 unspecified atom stereocenters. The molecule has 4 N–H and O–H groups in total. The van der Waals surface area contributed by atoms with Crippen LogP contribution in [0.15, 0.2) is 30.3 Å². The average Bonchev–Trinajstić information content (AvgIpc) is 2.99. The van der Waals surface area contributed by atoms with Gasteiger partial charge in [0.2, 0.25) is 0 Å². The van der Waals surface area contributed by atoms with Crippen LogP contribution in [0.5, 0.6) is 0 Å². The summed E-state index contributed by atoms with van der Waals surface area (Å²) < 4.78 is 40.8. The first kappa shape index (κ1) is 20.1. The van der Waals surface area contributed by atoms with Crippen LogP contribution in [-0.4, -0.2) is 31.5 Å². The van der Waals surface area contributed by atoms with Crippen LogP contribution in [-0.2, 0) is 0 Å². The van der Waals surface area contributed by atoms with Crippen molar-refractivity contribution in [1.82, 2.24) is 0 Å². The van der Waals surface area contributed by atoms with Gasteiger partial charge in [-0.2, -0.15) is 0 Å². The highest BCUT2D eigenvalue weighted by Gasteiger charge is 2.39. The molecule has 1 saturated heterocycles. The third-order valence-corrected chi connectivity index (χ3v) is 4.76. The summed E-state index contributed by atoms with van der Waals surface area (Å²) in [5.74, 6) is -3.99. The minimum Gasteiger partial charge on any atom is -0.397 e. The van der Waals surface area contributed by atoms with Crippen LogP contribution in [0, 0.1) is 5.82 Å². The van der Waals surface area contributed by atoms with Gasteiger partial charge in [0.1, 0.15) is 5.82 Å². The Labute approximate surface area is 165 Å². The van der Waals surface area contributed by atoms with Crippen LogP contribution >= 0.6 is 11.6 Å². The van der Waals surface area contributed by atoms with Crippen molar-refractivity contribution < 1.29 is 18.0 Å². The van der Waals surface area contributed by atoms with Crippen molar-refractivity contribution in [2.24, 2.45) is 0 Å². The number of hydrogen-bond donors (Lipinski definition) is 3. The fourth-order valence-electron chi connectivity index (χ4n) is 3.11. The Morgan fingerprint density at radius 2 is 2.07 bits per heavy atom. The second-order valence-electron chi connectivity index (χ2n) is 6.60. The smallest absolute Gasteiger partial charge is 0.266 e. The molecule has 0 radical (unpaired) electrons. The molecule has 28 heavy (non-hydrogen) atoms. The van der Waals surface area contributed by atoms with E-state index in [9.17, 15) is 18.0 Å². The minimum absolute atomic E-state index is 0.116. The van der Waals surface area contributed by atoms with Crippen LogP contribution in [0.2, 0.25) is 5.02 Å². The van der Waals surface area contributed by atoms with E-state index in [2.05, 4.69) is 10.6 Å². The number of nitrogens with zero attached hydrogens (tertiary/aromatic N) is 1. The number of anilines is 4. The van der Waals surface area contributed by atoms with E-state index < -0.39 is 24.2 Å². The molecule has 0 atom stereocenters. The van der Waals surface area contributed by atoms with Gasteiger partial charge in [-0.15, -0.1) is 0 Å². The molecule has 150 valence electrons. The maximum absolute atomic E-state index is 13.7. The lowest BCUT2D eigenvalue weighted by atomic mass is 10.1. The summed E-state index contributed by atoms with van der Waals surface area (Å²) in [4.78, 5) is 14.3. The Kier molecular flexibility index (Phi) is 5.60. The second-order valence-corrected chi connectivity index (χ2v) is 7.00. The normalized spacial score (nSPS) is 15.5. The number of carbonyl (C=O) groups is 1. The highest BCUT2D eigenvalue weighted by Crippen LogP contribution is 2.36. The van der Waals surface area contributed by atoms with Crippen LogP contribution in [0.25, 0.3) is 0 Å². The maximum Gasteiger partial charge on any atom is 0.266 e. The Morgan fingerprint density at radius 1 is 1.32 bits per heavy atom. The number of rotatable bonds is 5. The summed E-state index contributed by atoms with van der Waals surface area (Å²) in [6.45, 7) is 2.09. The molecule has 1 aliphatic rings. The molecule has 9 heteroatoms. The molecule has 1 amide bonds. The number of carbonyl (C=O) groups excluding carboxylic acids is 1. The zero-order valence-corrected chi connectivity index (χ0v) is 15.9. The number of hydrogen-bond acceptors (Lipinski definition) is 4. The summed E-state index contributed by atoms with van der Waals surface area (Å²) in [7, 11) is 0. The standard InChI is InChI=1S/C19H20ClF3N4O/c1-2-25-16-9-17(27-6-5-19(22,23)10-27)12(8-15(16)24)18(28)26-11-3-4-14(21)13(20)7-11/h3-4,7-9,25H,2,5-6,10,24H2,1H3,(H,26,28). The predicted molar refractivity (Wildman–Crippen MR) is 106 cm³/mol. The average molecular weight is 413 g/mol. The number of alkyl halides is 2. The lowest BCUT2D eigenvalue weighted by molar-refractivity contribution is 0.0257. The Bertz CT molecular complexity index is 907. The second kappa shape index (κ2) is 7.79. The molecule has 3 rings (SSSR count). The molecule has 5 nitrogen and oxygen atoms in total. The molecular weight excluding hydrogens is 393 g/mol. The maximum atomic E-state index is 13.7. The number of nitrogens with two attached hydrogens (primary N) is 1.